The van der Waals surface area contributed by atoms with Gasteiger partial charge in [-0.3, -0.25) is 10.1 Å². The number of hydrogen-bond donors (Lipinski definition) is 1. The Bertz CT molecular complexity index is 402. The van der Waals surface area contributed by atoms with Gasteiger partial charge in [-0.25, -0.2) is 4.79 Å². The quantitative estimate of drug-likeness (QED) is 0.797. The molecule has 0 aliphatic carbocycles. The van der Waals surface area contributed by atoms with Crippen molar-refractivity contribution < 1.29 is 14.3 Å². The number of carbonyl (C=O) groups excluding carboxylic acids is 2. The maximum absolute atomic E-state index is 11.7. The fourth-order valence-corrected chi connectivity index (χ4v) is 1.76. The third-order valence-electron chi connectivity index (χ3n) is 2.59. The fourth-order valence-electron chi connectivity index (χ4n) is 1.76. The molecule has 0 bridgehead atoms. The van der Waals surface area contributed by atoms with Crippen molar-refractivity contribution in [3.05, 3.63) is 35.9 Å². The molecule has 15 heavy (non-hydrogen) atoms. The molecule has 1 aliphatic rings. The van der Waals surface area contributed by atoms with Crippen LogP contribution in [0.1, 0.15) is 18.9 Å². The van der Waals surface area contributed by atoms with Crippen LogP contribution in [0.4, 0.5) is 4.79 Å². The maximum Gasteiger partial charge on any atom is 0.415 e. The summed E-state index contributed by atoms with van der Waals surface area (Å²) in [5.41, 5.74) is -0.436. The number of carbonyl (C=O) groups is 2. The van der Waals surface area contributed by atoms with E-state index in [4.69, 9.17) is 4.74 Å². The van der Waals surface area contributed by atoms with Crippen LogP contribution >= 0.6 is 0 Å². The highest BCUT2D eigenvalue weighted by molar-refractivity contribution is 6.03. The van der Waals surface area contributed by atoms with Crippen molar-refractivity contribution in [3.63, 3.8) is 0 Å². The number of rotatable bonds is 2. The monoisotopic (exact) mass is 205 g/mol. The van der Waals surface area contributed by atoms with Crippen molar-refractivity contribution in [3.8, 4) is 0 Å². The van der Waals surface area contributed by atoms with Crippen LogP contribution in [-0.4, -0.2) is 12.0 Å². The summed E-state index contributed by atoms with van der Waals surface area (Å²) in [6, 6.07) is 9.03. The molecule has 1 saturated heterocycles. The van der Waals surface area contributed by atoms with E-state index in [-0.39, 0.29) is 5.91 Å². The average Bonchev–Trinajstić information content (AvgIpc) is 2.56. The zero-order valence-corrected chi connectivity index (χ0v) is 8.32. The molecule has 0 spiro atoms. The molecule has 2 amide bonds. The van der Waals surface area contributed by atoms with Gasteiger partial charge in [-0.05, 0) is 6.42 Å². The Labute approximate surface area is 87.2 Å². The molecule has 1 heterocycles. The maximum atomic E-state index is 11.7. The minimum atomic E-state index is -1.14. The number of amides is 2. The number of ether oxygens (including phenoxy) is 1. The number of imide groups is 1. The zero-order chi connectivity index (χ0) is 10.9. The number of cyclic esters (lactones) is 1. The molecule has 78 valence electrons. The highest BCUT2D eigenvalue weighted by atomic mass is 16.6. The van der Waals surface area contributed by atoms with E-state index in [2.05, 4.69) is 5.32 Å². The minimum absolute atomic E-state index is 0.388. The molecule has 0 unspecified atom stereocenters. The van der Waals surface area contributed by atoms with Gasteiger partial charge in [0, 0.05) is 5.56 Å². The summed E-state index contributed by atoms with van der Waals surface area (Å²) in [4.78, 5) is 22.7. The Morgan fingerprint density at radius 3 is 2.40 bits per heavy atom. The standard InChI is InChI=1S/C11H11NO3/c1-2-11(8-6-4-3-5-7-8)9(13)12-10(14)15-11/h3-7H,2H2,1H3,(H,12,13,14)/t11-/m0/s1. The highest BCUT2D eigenvalue weighted by Crippen LogP contribution is 2.33. The highest BCUT2D eigenvalue weighted by Gasteiger charge is 2.48. The molecule has 4 heteroatoms. The van der Waals surface area contributed by atoms with E-state index in [0.29, 0.717) is 12.0 Å². The fraction of sp³-hybridized carbons (Fsp3) is 0.273. The third-order valence-corrected chi connectivity index (χ3v) is 2.59. The van der Waals surface area contributed by atoms with Gasteiger partial charge in [0.1, 0.15) is 0 Å². The van der Waals surface area contributed by atoms with Crippen LogP contribution in [0.3, 0.4) is 0 Å². The lowest BCUT2D eigenvalue weighted by molar-refractivity contribution is -0.132. The number of nitrogens with one attached hydrogen (secondary N) is 1. The summed E-state index contributed by atoms with van der Waals surface area (Å²) in [5.74, 6) is -0.388. The Morgan fingerprint density at radius 1 is 1.27 bits per heavy atom. The lowest BCUT2D eigenvalue weighted by Gasteiger charge is -2.22. The van der Waals surface area contributed by atoms with E-state index in [0.717, 1.165) is 0 Å². The van der Waals surface area contributed by atoms with E-state index < -0.39 is 11.7 Å². The summed E-state index contributed by atoms with van der Waals surface area (Å²) in [5, 5.41) is 2.16. The van der Waals surface area contributed by atoms with E-state index in [1.165, 1.54) is 0 Å². The minimum Gasteiger partial charge on any atom is -0.428 e. The van der Waals surface area contributed by atoms with Crippen LogP contribution < -0.4 is 5.32 Å². The first-order chi connectivity index (χ1) is 7.19. The lowest BCUT2D eigenvalue weighted by Crippen LogP contribution is -2.35. The Morgan fingerprint density at radius 2 is 1.93 bits per heavy atom. The van der Waals surface area contributed by atoms with Crippen molar-refractivity contribution in [2.45, 2.75) is 18.9 Å². The second-order valence-electron chi connectivity index (χ2n) is 3.39. The van der Waals surface area contributed by atoms with E-state index in [9.17, 15) is 9.59 Å². The normalized spacial score (nSPS) is 24.9. The second-order valence-corrected chi connectivity index (χ2v) is 3.39. The van der Waals surface area contributed by atoms with Gasteiger partial charge in [-0.1, -0.05) is 37.3 Å². The Hall–Kier alpha value is -1.84. The van der Waals surface area contributed by atoms with Gasteiger partial charge in [-0.15, -0.1) is 0 Å². The van der Waals surface area contributed by atoms with Crippen LogP contribution in [-0.2, 0) is 15.1 Å². The second kappa shape index (κ2) is 3.38. The van der Waals surface area contributed by atoms with E-state index in [1.54, 1.807) is 12.1 Å². The molecule has 1 aromatic carbocycles. The molecule has 4 nitrogen and oxygen atoms in total. The Balaban J connectivity index is 2.47. The van der Waals surface area contributed by atoms with Crippen LogP contribution in [0.2, 0.25) is 0 Å². The first-order valence-electron chi connectivity index (χ1n) is 4.79. The predicted octanol–water partition coefficient (Wildman–Crippen LogP) is 1.56. The van der Waals surface area contributed by atoms with Crippen LogP contribution in [0.15, 0.2) is 30.3 Å². The van der Waals surface area contributed by atoms with Gasteiger partial charge in [0.05, 0.1) is 0 Å². The third kappa shape index (κ3) is 1.38. The van der Waals surface area contributed by atoms with Gasteiger partial charge in [0.25, 0.3) is 5.91 Å². The summed E-state index contributed by atoms with van der Waals surface area (Å²) in [7, 11) is 0. The summed E-state index contributed by atoms with van der Waals surface area (Å²) in [6.07, 6.45) is -0.250. The van der Waals surface area contributed by atoms with Crippen LogP contribution in [0, 0.1) is 0 Å². The van der Waals surface area contributed by atoms with Gasteiger partial charge in [0.2, 0.25) is 5.60 Å². The number of alkyl carbamates (subject to hydrolysis) is 1. The molecular formula is C11H11NO3. The largest absolute Gasteiger partial charge is 0.428 e. The molecule has 0 saturated carbocycles. The van der Waals surface area contributed by atoms with Crippen molar-refractivity contribution in [2.75, 3.05) is 0 Å². The SMILES string of the molecule is CC[C@@]1(c2ccccc2)OC(=O)NC1=O. The first kappa shape index (κ1) is 9.71. The predicted molar refractivity (Wildman–Crippen MR) is 53.0 cm³/mol. The topological polar surface area (TPSA) is 55.4 Å². The van der Waals surface area contributed by atoms with Crippen molar-refractivity contribution >= 4 is 12.0 Å². The number of benzene rings is 1. The molecule has 1 aromatic rings. The molecule has 2 rings (SSSR count). The molecule has 1 aliphatic heterocycles. The molecule has 0 aromatic heterocycles. The summed E-state index contributed by atoms with van der Waals surface area (Å²) in [6.45, 7) is 1.81. The smallest absolute Gasteiger partial charge is 0.415 e. The van der Waals surface area contributed by atoms with Crippen LogP contribution in [0.5, 0.6) is 0 Å². The molecule has 1 fully saturated rings. The molecule has 1 N–H and O–H groups in total. The van der Waals surface area contributed by atoms with E-state index in [1.807, 2.05) is 25.1 Å². The van der Waals surface area contributed by atoms with Gasteiger partial charge in [-0.2, -0.15) is 0 Å². The lowest BCUT2D eigenvalue weighted by atomic mass is 9.91. The van der Waals surface area contributed by atoms with Crippen molar-refractivity contribution in [1.29, 1.82) is 0 Å². The van der Waals surface area contributed by atoms with E-state index >= 15 is 0 Å². The summed E-state index contributed by atoms with van der Waals surface area (Å²) < 4.78 is 5.10. The zero-order valence-electron chi connectivity index (χ0n) is 8.32. The van der Waals surface area contributed by atoms with Crippen molar-refractivity contribution in [1.82, 2.24) is 5.32 Å². The van der Waals surface area contributed by atoms with Gasteiger partial charge < -0.3 is 4.74 Å². The number of hydrogen-bond acceptors (Lipinski definition) is 3. The molecule has 1 atom stereocenters. The van der Waals surface area contributed by atoms with Crippen molar-refractivity contribution in [2.24, 2.45) is 0 Å². The first-order valence-corrected chi connectivity index (χ1v) is 4.79. The Kier molecular flexibility index (Phi) is 2.19. The summed E-state index contributed by atoms with van der Waals surface area (Å²) >= 11 is 0. The average molecular weight is 205 g/mol. The van der Waals surface area contributed by atoms with Gasteiger partial charge >= 0.3 is 6.09 Å². The van der Waals surface area contributed by atoms with Gasteiger partial charge in [0.15, 0.2) is 0 Å². The molecular weight excluding hydrogens is 194 g/mol. The van der Waals surface area contributed by atoms with Crippen LogP contribution in [0.25, 0.3) is 0 Å². The molecule has 0 radical (unpaired) electrons.